The summed E-state index contributed by atoms with van der Waals surface area (Å²) < 4.78 is 70.5. The highest BCUT2D eigenvalue weighted by Gasteiger charge is 2.38. The molecule has 0 radical (unpaired) electrons. The molecule has 2 rings (SSSR count). The van der Waals surface area contributed by atoms with Gasteiger partial charge in [0.15, 0.2) is 6.10 Å². The van der Waals surface area contributed by atoms with Crippen LogP contribution in [0.2, 0.25) is 0 Å². The molecule has 2 aromatic carbocycles. The Balaban J connectivity index is 2.34. The van der Waals surface area contributed by atoms with E-state index in [1.54, 1.807) is 0 Å². The third-order valence-corrected chi connectivity index (χ3v) is 3.65. The van der Waals surface area contributed by atoms with E-state index in [0.717, 1.165) is 31.2 Å². The summed E-state index contributed by atoms with van der Waals surface area (Å²) in [4.78, 5) is 12.3. The number of nitrogens with one attached hydrogen (secondary N) is 1. The lowest BCUT2D eigenvalue weighted by atomic mass is 10.1. The van der Waals surface area contributed by atoms with Crippen molar-refractivity contribution in [3.05, 3.63) is 58.1 Å². The molecular formula is C16H11BrF5NO2. The van der Waals surface area contributed by atoms with Crippen molar-refractivity contribution in [3.8, 4) is 5.75 Å². The predicted octanol–water partition coefficient (Wildman–Crippen LogP) is 5.31. The Labute approximate surface area is 147 Å². The van der Waals surface area contributed by atoms with Crippen molar-refractivity contribution < 1.29 is 31.5 Å². The number of rotatable bonds is 4. The second-order valence-corrected chi connectivity index (χ2v) is 5.91. The molecular weight excluding hydrogens is 413 g/mol. The Morgan fingerprint density at radius 1 is 1.16 bits per heavy atom. The number of ether oxygens (including phenoxy) is 1. The summed E-state index contributed by atoms with van der Waals surface area (Å²) in [5, 5.41) is 2.00. The number of para-hydroxylation sites is 1. The number of carbonyl (C=O) groups is 1. The van der Waals surface area contributed by atoms with Gasteiger partial charge in [-0.15, -0.1) is 0 Å². The highest BCUT2D eigenvalue weighted by molar-refractivity contribution is 9.10. The van der Waals surface area contributed by atoms with Crippen molar-refractivity contribution in [2.24, 2.45) is 0 Å². The van der Waals surface area contributed by atoms with Crippen LogP contribution >= 0.6 is 15.9 Å². The minimum absolute atomic E-state index is 0.304. The fourth-order valence-corrected chi connectivity index (χ4v) is 2.18. The van der Waals surface area contributed by atoms with Crippen LogP contribution in [0, 0.1) is 11.6 Å². The van der Waals surface area contributed by atoms with E-state index in [1.807, 2.05) is 5.32 Å². The van der Waals surface area contributed by atoms with Gasteiger partial charge in [-0.2, -0.15) is 13.2 Å². The number of hydrogen-bond donors (Lipinski definition) is 1. The maximum absolute atomic E-state index is 13.6. The Hall–Kier alpha value is -2.16. The van der Waals surface area contributed by atoms with E-state index < -0.39 is 35.5 Å². The number of hydrogen-bond acceptors (Lipinski definition) is 2. The molecule has 0 fully saturated rings. The second-order valence-electron chi connectivity index (χ2n) is 4.99. The van der Waals surface area contributed by atoms with Crippen molar-refractivity contribution in [3.63, 3.8) is 0 Å². The molecule has 0 heterocycles. The first kappa shape index (κ1) is 19.2. The molecule has 134 valence electrons. The van der Waals surface area contributed by atoms with Gasteiger partial charge >= 0.3 is 6.18 Å². The lowest BCUT2D eigenvalue weighted by molar-refractivity contribution is -0.189. The van der Waals surface area contributed by atoms with Crippen molar-refractivity contribution in [1.82, 2.24) is 0 Å². The predicted molar refractivity (Wildman–Crippen MR) is 84.6 cm³/mol. The normalized spacial score (nSPS) is 12.6. The zero-order valence-electron chi connectivity index (χ0n) is 12.6. The van der Waals surface area contributed by atoms with E-state index in [1.165, 1.54) is 12.1 Å². The van der Waals surface area contributed by atoms with Gasteiger partial charge in [0.1, 0.15) is 23.1 Å². The summed E-state index contributed by atoms with van der Waals surface area (Å²) in [6.45, 7) is 0.777. The van der Waals surface area contributed by atoms with Crippen LogP contribution in [0.4, 0.5) is 27.6 Å². The zero-order valence-corrected chi connectivity index (χ0v) is 14.2. The van der Waals surface area contributed by atoms with E-state index in [0.29, 0.717) is 4.47 Å². The minimum Gasteiger partial charge on any atom is -0.480 e. The topological polar surface area (TPSA) is 38.3 Å². The first-order valence-electron chi connectivity index (χ1n) is 6.88. The summed E-state index contributed by atoms with van der Waals surface area (Å²) in [7, 11) is 0. The van der Waals surface area contributed by atoms with E-state index in [-0.39, 0.29) is 11.3 Å². The Morgan fingerprint density at radius 3 is 2.32 bits per heavy atom. The molecule has 0 aromatic heterocycles. The fourth-order valence-electron chi connectivity index (χ4n) is 1.84. The van der Waals surface area contributed by atoms with Crippen LogP contribution in [0.5, 0.6) is 5.75 Å². The van der Waals surface area contributed by atoms with Gasteiger partial charge in [0.2, 0.25) is 0 Å². The van der Waals surface area contributed by atoms with E-state index in [2.05, 4.69) is 15.9 Å². The van der Waals surface area contributed by atoms with Gasteiger partial charge in [0, 0.05) is 4.47 Å². The second kappa shape index (κ2) is 7.38. The maximum Gasteiger partial charge on any atom is 0.425 e. The number of anilines is 1. The van der Waals surface area contributed by atoms with Gasteiger partial charge in [-0.3, -0.25) is 4.79 Å². The summed E-state index contributed by atoms with van der Waals surface area (Å²) >= 11 is 3.06. The number of amides is 1. The third kappa shape index (κ3) is 4.68. The standard InChI is InChI=1S/C16H11BrF5NO2/c1-8(16(20,21)22)25-13-7-9(17)5-6-10(13)15(24)23-14-11(18)3-2-4-12(14)19/h2-8H,1H3,(H,23,24)/t8-/m0/s1. The quantitative estimate of drug-likeness (QED) is 0.676. The fraction of sp³-hybridized carbons (Fsp3) is 0.188. The number of halogens is 6. The SMILES string of the molecule is C[C@H](Oc1cc(Br)ccc1C(=O)Nc1c(F)cccc1F)C(F)(F)F. The van der Waals surface area contributed by atoms with Crippen molar-refractivity contribution in [2.45, 2.75) is 19.2 Å². The molecule has 0 unspecified atom stereocenters. The molecule has 0 aliphatic rings. The smallest absolute Gasteiger partial charge is 0.425 e. The molecule has 0 bridgehead atoms. The van der Waals surface area contributed by atoms with Crippen LogP contribution < -0.4 is 10.1 Å². The Kier molecular flexibility index (Phi) is 5.66. The summed E-state index contributed by atoms with van der Waals surface area (Å²) in [6, 6.07) is 6.70. The van der Waals surface area contributed by atoms with Crippen LogP contribution in [-0.2, 0) is 0 Å². The highest BCUT2D eigenvalue weighted by atomic mass is 79.9. The van der Waals surface area contributed by atoms with Crippen molar-refractivity contribution in [1.29, 1.82) is 0 Å². The van der Waals surface area contributed by atoms with Crippen LogP contribution in [0.3, 0.4) is 0 Å². The molecule has 0 saturated carbocycles. The highest BCUT2D eigenvalue weighted by Crippen LogP contribution is 2.30. The van der Waals surface area contributed by atoms with Gasteiger partial charge in [-0.1, -0.05) is 22.0 Å². The van der Waals surface area contributed by atoms with Gasteiger partial charge < -0.3 is 10.1 Å². The molecule has 0 aliphatic heterocycles. The van der Waals surface area contributed by atoms with Crippen molar-refractivity contribution in [2.75, 3.05) is 5.32 Å². The molecule has 0 aliphatic carbocycles. The van der Waals surface area contributed by atoms with Crippen LogP contribution in [0.15, 0.2) is 40.9 Å². The zero-order chi connectivity index (χ0) is 18.8. The van der Waals surface area contributed by atoms with E-state index in [9.17, 15) is 26.7 Å². The third-order valence-electron chi connectivity index (χ3n) is 3.15. The number of alkyl halides is 3. The summed E-state index contributed by atoms with van der Waals surface area (Å²) in [6.07, 6.45) is -6.83. The molecule has 25 heavy (non-hydrogen) atoms. The molecule has 0 spiro atoms. The Bertz CT molecular complexity index is 774. The average Bonchev–Trinajstić information content (AvgIpc) is 2.50. The molecule has 2 aromatic rings. The number of carbonyl (C=O) groups excluding carboxylic acids is 1. The number of benzene rings is 2. The molecule has 1 N–H and O–H groups in total. The first-order chi connectivity index (χ1) is 11.6. The lowest BCUT2D eigenvalue weighted by Gasteiger charge is -2.20. The van der Waals surface area contributed by atoms with E-state index in [4.69, 9.17) is 4.74 Å². The molecule has 1 amide bonds. The molecule has 0 saturated heterocycles. The van der Waals surface area contributed by atoms with Gasteiger partial charge in [-0.25, -0.2) is 8.78 Å². The maximum atomic E-state index is 13.6. The molecule has 3 nitrogen and oxygen atoms in total. The van der Waals surface area contributed by atoms with E-state index >= 15 is 0 Å². The lowest BCUT2D eigenvalue weighted by Crippen LogP contribution is -2.32. The summed E-state index contributed by atoms with van der Waals surface area (Å²) in [5.74, 6) is -3.43. The van der Waals surface area contributed by atoms with Gasteiger partial charge in [0.05, 0.1) is 5.56 Å². The average molecular weight is 424 g/mol. The van der Waals surface area contributed by atoms with Crippen LogP contribution in [-0.4, -0.2) is 18.2 Å². The van der Waals surface area contributed by atoms with Crippen molar-refractivity contribution >= 4 is 27.5 Å². The minimum atomic E-state index is -4.65. The van der Waals surface area contributed by atoms with Gasteiger partial charge in [-0.05, 0) is 37.3 Å². The first-order valence-corrected chi connectivity index (χ1v) is 7.67. The summed E-state index contributed by atoms with van der Waals surface area (Å²) in [5.41, 5.74) is -1.01. The monoisotopic (exact) mass is 423 g/mol. The van der Waals surface area contributed by atoms with Crippen LogP contribution in [0.25, 0.3) is 0 Å². The van der Waals surface area contributed by atoms with Gasteiger partial charge in [0.25, 0.3) is 5.91 Å². The Morgan fingerprint density at radius 2 is 1.76 bits per heavy atom. The largest absolute Gasteiger partial charge is 0.480 e. The van der Waals surface area contributed by atoms with Crippen LogP contribution in [0.1, 0.15) is 17.3 Å². The molecule has 1 atom stereocenters. The molecule has 9 heteroatoms.